The van der Waals surface area contributed by atoms with Gasteiger partial charge in [0.15, 0.2) is 5.69 Å². The second-order valence-corrected chi connectivity index (χ2v) is 4.30. The van der Waals surface area contributed by atoms with Crippen molar-refractivity contribution in [3.8, 4) is 0 Å². The van der Waals surface area contributed by atoms with Crippen LogP contribution in [0.1, 0.15) is 34.6 Å². The first kappa shape index (κ1) is 9.38. The number of carboxylic acid groups (broad SMARTS) is 1. The van der Waals surface area contributed by atoms with E-state index in [1.165, 1.54) is 0 Å². The van der Waals surface area contributed by atoms with Crippen LogP contribution in [0.15, 0.2) is 0 Å². The maximum absolute atomic E-state index is 11.8. The van der Waals surface area contributed by atoms with Crippen LogP contribution in [0.5, 0.6) is 0 Å². The number of aromatic nitrogens is 2. The fourth-order valence-corrected chi connectivity index (χ4v) is 2.06. The summed E-state index contributed by atoms with van der Waals surface area (Å²) in [6.07, 6.45) is 1.93. The van der Waals surface area contributed by atoms with Crippen LogP contribution in [0, 0.1) is 5.92 Å². The van der Waals surface area contributed by atoms with Crippen molar-refractivity contribution in [3.63, 3.8) is 0 Å². The zero-order valence-electron chi connectivity index (χ0n) is 8.56. The third kappa shape index (κ3) is 1.30. The van der Waals surface area contributed by atoms with Crippen LogP contribution < -0.4 is 0 Å². The largest absolute Gasteiger partial charge is 0.476 e. The van der Waals surface area contributed by atoms with Crippen LogP contribution in [0.3, 0.4) is 0 Å². The van der Waals surface area contributed by atoms with Crippen molar-refractivity contribution in [2.24, 2.45) is 5.92 Å². The molecule has 1 saturated carbocycles. The maximum atomic E-state index is 11.8. The van der Waals surface area contributed by atoms with Crippen LogP contribution in [0.2, 0.25) is 0 Å². The normalized spacial score (nSPS) is 18.6. The molecule has 1 fully saturated rings. The number of nitrogens with one attached hydrogen (secondary N) is 1. The highest BCUT2D eigenvalue weighted by Gasteiger charge is 2.37. The number of fused-ring (bicyclic) bond motifs is 1. The monoisotopic (exact) mass is 221 g/mol. The highest BCUT2D eigenvalue weighted by atomic mass is 16.4. The van der Waals surface area contributed by atoms with Crippen molar-refractivity contribution >= 4 is 11.9 Å². The highest BCUT2D eigenvalue weighted by Crippen LogP contribution is 2.34. The second kappa shape index (κ2) is 3.07. The van der Waals surface area contributed by atoms with Gasteiger partial charge in [-0.15, -0.1) is 0 Å². The van der Waals surface area contributed by atoms with Crippen LogP contribution in [0.4, 0.5) is 0 Å². The molecule has 6 nitrogen and oxygen atoms in total. The average molecular weight is 221 g/mol. The summed E-state index contributed by atoms with van der Waals surface area (Å²) < 4.78 is 0. The lowest BCUT2D eigenvalue weighted by Crippen LogP contribution is -2.27. The molecule has 3 rings (SSSR count). The number of amides is 1. The zero-order chi connectivity index (χ0) is 11.3. The van der Waals surface area contributed by atoms with E-state index in [9.17, 15) is 9.59 Å². The van der Waals surface area contributed by atoms with Crippen molar-refractivity contribution in [3.05, 3.63) is 17.0 Å². The number of aromatic amines is 1. The van der Waals surface area contributed by atoms with E-state index in [0.717, 1.165) is 18.5 Å². The van der Waals surface area contributed by atoms with Crippen molar-refractivity contribution in [2.75, 3.05) is 0 Å². The van der Waals surface area contributed by atoms with Crippen LogP contribution >= 0.6 is 0 Å². The Labute approximate surface area is 91.2 Å². The van der Waals surface area contributed by atoms with E-state index in [1.54, 1.807) is 4.90 Å². The minimum atomic E-state index is -1.04. The molecular weight excluding hydrogens is 210 g/mol. The lowest BCUT2D eigenvalue weighted by molar-refractivity contribution is -0.133. The van der Waals surface area contributed by atoms with Crippen LogP contribution in [-0.2, 0) is 17.9 Å². The Morgan fingerprint density at radius 3 is 2.75 bits per heavy atom. The number of carboxylic acids is 1. The molecule has 1 aromatic rings. The summed E-state index contributed by atoms with van der Waals surface area (Å²) in [7, 11) is 0. The molecule has 0 bridgehead atoms. The molecule has 0 radical (unpaired) electrons. The number of hydrogen-bond acceptors (Lipinski definition) is 3. The second-order valence-electron chi connectivity index (χ2n) is 4.30. The van der Waals surface area contributed by atoms with Gasteiger partial charge in [-0.3, -0.25) is 9.89 Å². The van der Waals surface area contributed by atoms with Gasteiger partial charge >= 0.3 is 5.97 Å². The molecule has 0 unspecified atom stereocenters. The minimum absolute atomic E-state index is 0.0427. The Morgan fingerprint density at radius 2 is 2.12 bits per heavy atom. The number of H-pyrrole nitrogens is 1. The van der Waals surface area contributed by atoms with Gasteiger partial charge in [0.05, 0.1) is 18.8 Å². The summed E-state index contributed by atoms with van der Waals surface area (Å²) in [5.41, 5.74) is 1.45. The lowest BCUT2D eigenvalue weighted by atomic mass is 10.2. The van der Waals surface area contributed by atoms with Gasteiger partial charge in [-0.25, -0.2) is 4.79 Å². The Bertz CT molecular complexity index is 476. The van der Waals surface area contributed by atoms with Gasteiger partial charge in [0.25, 0.3) is 0 Å². The van der Waals surface area contributed by atoms with Crippen molar-refractivity contribution in [1.29, 1.82) is 0 Å². The Morgan fingerprint density at radius 1 is 1.38 bits per heavy atom. The van der Waals surface area contributed by atoms with Gasteiger partial charge in [-0.05, 0) is 12.8 Å². The molecule has 0 aromatic carbocycles. The molecule has 6 heteroatoms. The van der Waals surface area contributed by atoms with Gasteiger partial charge < -0.3 is 10.0 Å². The standard InChI is InChI=1S/C10H11N3O3/c14-9(5-1-2-5)13-3-6-7(4-13)11-12-8(6)10(15)16/h5H,1-4H2,(H,11,12)(H,15,16). The summed E-state index contributed by atoms with van der Waals surface area (Å²) >= 11 is 0. The van der Waals surface area contributed by atoms with E-state index in [0.29, 0.717) is 18.7 Å². The summed E-state index contributed by atoms with van der Waals surface area (Å²) in [5, 5.41) is 15.3. The maximum Gasteiger partial charge on any atom is 0.356 e. The third-order valence-electron chi connectivity index (χ3n) is 3.09. The lowest BCUT2D eigenvalue weighted by Gasteiger charge is -2.14. The molecule has 16 heavy (non-hydrogen) atoms. The van der Waals surface area contributed by atoms with E-state index in [-0.39, 0.29) is 17.5 Å². The zero-order valence-corrected chi connectivity index (χ0v) is 8.56. The highest BCUT2D eigenvalue weighted by molar-refractivity contribution is 5.88. The molecule has 1 aliphatic heterocycles. The molecule has 84 valence electrons. The summed E-state index contributed by atoms with van der Waals surface area (Å²) in [6.45, 7) is 0.841. The summed E-state index contributed by atoms with van der Waals surface area (Å²) in [5.74, 6) is -0.732. The summed E-state index contributed by atoms with van der Waals surface area (Å²) in [4.78, 5) is 24.4. The first-order valence-electron chi connectivity index (χ1n) is 5.25. The summed E-state index contributed by atoms with van der Waals surface area (Å²) in [6, 6.07) is 0. The van der Waals surface area contributed by atoms with Gasteiger partial charge in [-0.2, -0.15) is 5.10 Å². The van der Waals surface area contributed by atoms with E-state index in [2.05, 4.69) is 10.2 Å². The first-order valence-corrected chi connectivity index (χ1v) is 5.25. The first-order chi connectivity index (χ1) is 7.66. The molecule has 2 heterocycles. The number of carbonyl (C=O) groups is 2. The Balaban J connectivity index is 1.83. The topological polar surface area (TPSA) is 86.3 Å². The molecule has 1 amide bonds. The van der Waals surface area contributed by atoms with Gasteiger partial charge in [-0.1, -0.05) is 0 Å². The van der Waals surface area contributed by atoms with E-state index < -0.39 is 5.97 Å². The SMILES string of the molecule is O=C(O)c1n[nH]c2c1CN(C(=O)C1CC1)C2. The molecule has 0 saturated heterocycles. The van der Waals surface area contributed by atoms with E-state index in [4.69, 9.17) is 5.11 Å². The molecule has 1 aromatic heterocycles. The Kier molecular flexibility index (Phi) is 1.80. The predicted molar refractivity (Wildman–Crippen MR) is 52.5 cm³/mol. The fraction of sp³-hybridized carbons (Fsp3) is 0.500. The smallest absolute Gasteiger partial charge is 0.356 e. The number of nitrogens with zero attached hydrogens (tertiary/aromatic N) is 2. The third-order valence-corrected chi connectivity index (χ3v) is 3.09. The molecule has 1 aliphatic carbocycles. The molecule has 2 N–H and O–H groups in total. The van der Waals surface area contributed by atoms with Gasteiger partial charge in [0.1, 0.15) is 0 Å². The average Bonchev–Trinajstić information content (AvgIpc) is 2.87. The quantitative estimate of drug-likeness (QED) is 0.754. The Hall–Kier alpha value is -1.85. The molecular formula is C10H11N3O3. The van der Waals surface area contributed by atoms with Crippen LogP contribution in [0.25, 0.3) is 0 Å². The number of hydrogen-bond donors (Lipinski definition) is 2. The van der Waals surface area contributed by atoms with Crippen molar-refractivity contribution in [1.82, 2.24) is 15.1 Å². The van der Waals surface area contributed by atoms with Gasteiger partial charge in [0, 0.05) is 11.5 Å². The van der Waals surface area contributed by atoms with Gasteiger partial charge in [0.2, 0.25) is 5.91 Å². The number of carbonyl (C=O) groups excluding carboxylic acids is 1. The number of rotatable bonds is 2. The number of aromatic carboxylic acids is 1. The molecule has 2 aliphatic rings. The predicted octanol–water partition coefficient (Wildman–Crippen LogP) is 0.360. The van der Waals surface area contributed by atoms with E-state index in [1.807, 2.05) is 0 Å². The van der Waals surface area contributed by atoms with E-state index >= 15 is 0 Å². The van der Waals surface area contributed by atoms with Crippen molar-refractivity contribution < 1.29 is 14.7 Å². The van der Waals surface area contributed by atoms with Crippen LogP contribution in [-0.4, -0.2) is 32.1 Å². The minimum Gasteiger partial charge on any atom is -0.476 e. The molecule has 0 spiro atoms. The van der Waals surface area contributed by atoms with Crippen molar-refractivity contribution in [2.45, 2.75) is 25.9 Å². The molecule has 0 atom stereocenters. The fourth-order valence-electron chi connectivity index (χ4n) is 2.06.